The lowest BCUT2D eigenvalue weighted by atomic mass is 10.1. The first-order valence-electron chi connectivity index (χ1n) is 12.9. The number of hydrogen-bond donors (Lipinski definition) is 0. The number of amides is 1. The number of alkyl halides is 3. The summed E-state index contributed by atoms with van der Waals surface area (Å²) in [5.41, 5.74) is 2.55. The largest absolute Gasteiger partial charge is 0.416 e. The Morgan fingerprint density at radius 1 is 0.923 bits per heavy atom. The number of carbonyl (C=O) groups is 1. The maximum atomic E-state index is 13.1. The van der Waals surface area contributed by atoms with Crippen molar-refractivity contribution in [2.45, 2.75) is 24.0 Å². The molecule has 206 valence electrons. The number of aromatic nitrogens is 2. The molecule has 5 rings (SSSR count). The Morgan fingerprint density at radius 2 is 1.62 bits per heavy atom. The Kier molecular flexibility index (Phi) is 8.27. The number of carbonyl (C=O) groups excluding carboxylic acids is 1. The van der Waals surface area contributed by atoms with E-state index in [-0.39, 0.29) is 5.91 Å². The summed E-state index contributed by atoms with van der Waals surface area (Å²) >= 11 is 1.53. The molecule has 0 aliphatic carbocycles. The van der Waals surface area contributed by atoms with Crippen LogP contribution in [0.3, 0.4) is 0 Å². The SMILES string of the molecule is Cc1cc(N2CCN(c3cccc(C(F)(F)F)c3)CC2)nc(SCc2ccc(C(=O)N3CCOCC3)cc2)n1. The quantitative estimate of drug-likeness (QED) is 0.316. The molecule has 0 atom stereocenters. The van der Waals surface area contributed by atoms with Gasteiger partial charge in [-0.3, -0.25) is 4.79 Å². The van der Waals surface area contributed by atoms with E-state index in [1.807, 2.05) is 47.1 Å². The molecule has 0 N–H and O–H groups in total. The number of anilines is 2. The van der Waals surface area contributed by atoms with Crippen LogP contribution in [-0.4, -0.2) is 73.3 Å². The third-order valence-corrected chi connectivity index (χ3v) is 7.75. The van der Waals surface area contributed by atoms with Crippen LogP contribution < -0.4 is 9.80 Å². The lowest BCUT2D eigenvalue weighted by Gasteiger charge is -2.37. The van der Waals surface area contributed by atoms with Crippen molar-refractivity contribution in [2.75, 3.05) is 62.3 Å². The summed E-state index contributed by atoms with van der Waals surface area (Å²) in [6, 6.07) is 15.1. The van der Waals surface area contributed by atoms with E-state index < -0.39 is 11.7 Å². The fourth-order valence-electron chi connectivity index (χ4n) is 4.66. The summed E-state index contributed by atoms with van der Waals surface area (Å²) < 4.78 is 44.7. The van der Waals surface area contributed by atoms with Crippen LogP contribution >= 0.6 is 11.8 Å². The average molecular weight is 558 g/mol. The van der Waals surface area contributed by atoms with Crippen molar-refractivity contribution in [1.29, 1.82) is 0 Å². The number of aryl methyl sites for hydroxylation is 1. The van der Waals surface area contributed by atoms with E-state index >= 15 is 0 Å². The zero-order valence-corrected chi connectivity index (χ0v) is 22.5. The van der Waals surface area contributed by atoms with Crippen molar-refractivity contribution >= 4 is 29.2 Å². The number of rotatable bonds is 6. The molecule has 0 saturated carbocycles. The molecule has 1 amide bonds. The average Bonchev–Trinajstić information content (AvgIpc) is 2.96. The van der Waals surface area contributed by atoms with E-state index in [1.54, 1.807) is 6.07 Å². The monoisotopic (exact) mass is 557 g/mol. The van der Waals surface area contributed by atoms with E-state index in [1.165, 1.54) is 23.9 Å². The maximum absolute atomic E-state index is 13.1. The van der Waals surface area contributed by atoms with Gasteiger partial charge in [-0.1, -0.05) is 30.0 Å². The number of nitrogens with zero attached hydrogens (tertiary/aromatic N) is 5. The van der Waals surface area contributed by atoms with E-state index in [9.17, 15) is 18.0 Å². The van der Waals surface area contributed by atoms with E-state index in [4.69, 9.17) is 9.72 Å². The first-order valence-corrected chi connectivity index (χ1v) is 13.9. The zero-order valence-electron chi connectivity index (χ0n) is 21.7. The number of benzene rings is 2. The number of ether oxygens (including phenoxy) is 1. The predicted octanol–water partition coefficient (Wildman–Crippen LogP) is 4.90. The van der Waals surface area contributed by atoms with Crippen LogP contribution in [0.2, 0.25) is 0 Å². The molecule has 3 aromatic rings. The maximum Gasteiger partial charge on any atom is 0.416 e. The Balaban J connectivity index is 1.18. The van der Waals surface area contributed by atoms with Gasteiger partial charge >= 0.3 is 6.18 Å². The summed E-state index contributed by atoms with van der Waals surface area (Å²) in [7, 11) is 0. The van der Waals surface area contributed by atoms with Crippen LogP contribution in [0.5, 0.6) is 0 Å². The van der Waals surface area contributed by atoms with Gasteiger partial charge in [-0.05, 0) is 42.8 Å². The fourth-order valence-corrected chi connectivity index (χ4v) is 5.52. The highest BCUT2D eigenvalue weighted by atomic mass is 32.2. The number of hydrogen-bond acceptors (Lipinski definition) is 7. The number of morpholine rings is 1. The second kappa shape index (κ2) is 11.8. The van der Waals surface area contributed by atoms with Crippen molar-refractivity contribution in [3.8, 4) is 0 Å². The lowest BCUT2D eigenvalue weighted by Crippen LogP contribution is -2.47. The van der Waals surface area contributed by atoms with Gasteiger partial charge in [-0.15, -0.1) is 0 Å². The smallest absolute Gasteiger partial charge is 0.378 e. The molecule has 2 saturated heterocycles. The van der Waals surface area contributed by atoms with Crippen molar-refractivity contribution in [3.05, 3.63) is 77.0 Å². The predicted molar refractivity (Wildman–Crippen MR) is 145 cm³/mol. The second-order valence-corrected chi connectivity index (χ2v) is 10.5. The molecule has 2 aliphatic rings. The van der Waals surface area contributed by atoms with Crippen molar-refractivity contribution in [2.24, 2.45) is 0 Å². The van der Waals surface area contributed by atoms with Gasteiger partial charge in [-0.2, -0.15) is 13.2 Å². The Hall–Kier alpha value is -3.31. The molecule has 1 aromatic heterocycles. The molecule has 2 aromatic carbocycles. The van der Waals surface area contributed by atoms with E-state index in [0.29, 0.717) is 74.6 Å². The van der Waals surface area contributed by atoms with Crippen LogP contribution in [0.15, 0.2) is 59.8 Å². The molecule has 0 bridgehead atoms. The van der Waals surface area contributed by atoms with Gasteiger partial charge in [0, 0.05) is 68.0 Å². The molecule has 7 nitrogen and oxygen atoms in total. The third kappa shape index (κ3) is 6.83. The highest BCUT2D eigenvalue weighted by Gasteiger charge is 2.31. The van der Waals surface area contributed by atoms with Gasteiger partial charge in [0.15, 0.2) is 5.16 Å². The van der Waals surface area contributed by atoms with Gasteiger partial charge in [0.05, 0.1) is 18.8 Å². The summed E-state index contributed by atoms with van der Waals surface area (Å²) in [5.74, 6) is 1.51. The highest BCUT2D eigenvalue weighted by molar-refractivity contribution is 7.98. The van der Waals surface area contributed by atoms with E-state index in [0.717, 1.165) is 23.1 Å². The summed E-state index contributed by atoms with van der Waals surface area (Å²) in [5, 5.41) is 0.666. The van der Waals surface area contributed by atoms with Crippen molar-refractivity contribution < 1.29 is 22.7 Å². The minimum atomic E-state index is -4.35. The van der Waals surface area contributed by atoms with E-state index in [2.05, 4.69) is 9.88 Å². The summed E-state index contributed by atoms with van der Waals surface area (Å²) in [4.78, 5) is 27.9. The van der Waals surface area contributed by atoms with Gasteiger partial charge in [-0.25, -0.2) is 9.97 Å². The van der Waals surface area contributed by atoms with Gasteiger partial charge in [0.25, 0.3) is 5.91 Å². The fraction of sp³-hybridized carbons (Fsp3) is 0.393. The van der Waals surface area contributed by atoms with Crippen LogP contribution in [0.1, 0.15) is 27.2 Å². The number of thioether (sulfide) groups is 1. The van der Waals surface area contributed by atoms with Crippen molar-refractivity contribution in [1.82, 2.24) is 14.9 Å². The molecule has 2 aliphatic heterocycles. The first-order chi connectivity index (χ1) is 18.8. The molecule has 39 heavy (non-hydrogen) atoms. The molecular weight excluding hydrogens is 527 g/mol. The molecule has 11 heteroatoms. The molecule has 3 heterocycles. The third-order valence-electron chi connectivity index (χ3n) is 6.83. The van der Waals surface area contributed by atoms with Crippen LogP contribution in [0, 0.1) is 6.92 Å². The Bertz CT molecular complexity index is 1290. The molecule has 0 radical (unpaired) electrons. The standard InChI is InChI=1S/C28H30F3N5O2S/c1-20-17-25(35-11-9-34(10-12-35)24-4-2-3-23(18-24)28(29,30)31)33-27(32-20)39-19-21-5-7-22(8-6-21)26(37)36-13-15-38-16-14-36/h2-8,17-18H,9-16,19H2,1H3. The van der Waals surface area contributed by atoms with Crippen LogP contribution in [0.4, 0.5) is 24.7 Å². The number of halogens is 3. The Labute approximate surface area is 230 Å². The second-order valence-electron chi connectivity index (χ2n) is 9.56. The topological polar surface area (TPSA) is 61.8 Å². The van der Waals surface area contributed by atoms with Crippen molar-refractivity contribution in [3.63, 3.8) is 0 Å². The van der Waals surface area contributed by atoms with Crippen LogP contribution in [-0.2, 0) is 16.7 Å². The first kappa shape index (κ1) is 27.3. The normalized spacial score (nSPS) is 16.5. The number of piperazine rings is 1. The van der Waals surface area contributed by atoms with Crippen LogP contribution in [0.25, 0.3) is 0 Å². The van der Waals surface area contributed by atoms with Gasteiger partial charge in [0.1, 0.15) is 5.82 Å². The molecule has 0 spiro atoms. The summed E-state index contributed by atoms with van der Waals surface area (Å²) in [6.07, 6.45) is -4.35. The highest BCUT2D eigenvalue weighted by Crippen LogP contribution is 2.32. The minimum absolute atomic E-state index is 0.0253. The molecule has 2 fully saturated rings. The lowest BCUT2D eigenvalue weighted by molar-refractivity contribution is -0.137. The minimum Gasteiger partial charge on any atom is -0.378 e. The van der Waals surface area contributed by atoms with Gasteiger partial charge in [0.2, 0.25) is 0 Å². The van der Waals surface area contributed by atoms with Gasteiger partial charge < -0.3 is 19.4 Å². The zero-order chi connectivity index (χ0) is 27.4. The molecular formula is C28H30F3N5O2S. The molecule has 0 unspecified atom stereocenters. The summed E-state index contributed by atoms with van der Waals surface area (Å²) in [6.45, 7) is 6.80. The Morgan fingerprint density at radius 3 is 2.31 bits per heavy atom.